The maximum absolute atomic E-state index is 11.3. The third-order valence-electron chi connectivity index (χ3n) is 5.63. The molecule has 0 aliphatic carbocycles. The van der Waals surface area contributed by atoms with Gasteiger partial charge in [-0.15, -0.1) is 11.8 Å². The van der Waals surface area contributed by atoms with E-state index in [2.05, 4.69) is 4.98 Å². The molecule has 180 valence electrons. The third kappa shape index (κ3) is 5.37. The van der Waals surface area contributed by atoms with Crippen LogP contribution in [0.1, 0.15) is 18.3 Å². The summed E-state index contributed by atoms with van der Waals surface area (Å²) in [6.07, 6.45) is 2.48. The first kappa shape index (κ1) is 24.9. The summed E-state index contributed by atoms with van der Waals surface area (Å²) in [6.45, 7) is 4.92. The molecule has 1 fully saturated rings. The van der Waals surface area contributed by atoms with Crippen LogP contribution >= 0.6 is 35.0 Å². The lowest BCUT2D eigenvalue weighted by Gasteiger charge is -2.30. The van der Waals surface area contributed by atoms with Gasteiger partial charge in [-0.1, -0.05) is 29.3 Å². The highest BCUT2D eigenvalue weighted by Gasteiger charge is 2.45. The van der Waals surface area contributed by atoms with Crippen molar-refractivity contribution in [3.05, 3.63) is 76.3 Å². The van der Waals surface area contributed by atoms with Crippen molar-refractivity contribution in [2.24, 2.45) is 0 Å². The van der Waals surface area contributed by atoms with E-state index in [9.17, 15) is 9.90 Å². The molecule has 0 bridgehead atoms. The van der Waals surface area contributed by atoms with E-state index >= 15 is 0 Å². The van der Waals surface area contributed by atoms with Crippen LogP contribution in [-0.2, 0) is 21.8 Å². The number of aryl methyl sites for hydroxylation is 1. The van der Waals surface area contributed by atoms with Gasteiger partial charge in [0, 0.05) is 45.9 Å². The Hall–Kier alpha value is -2.23. The monoisotopic (exact) mass is 521 g/mol. The van der Waals surface area contributed by atoms with E-state index in [1.165, 1.54) is 4.90 Å². The highest BCUT2D eigenvalue weighted by molar-refractivity contribution is 7.99. The molecule has 34 heavy (non-hydrogen) atoms. The van der Waals surface area contributed by atoms with Crippen molar-refractivity contribution in [2.75, 3.05) is 23.8 Å². The summed E-state index contributed by atoms with van der Waals surface area (Å²) in [4.78, 5) is 18.0. The van der Waals surface area contributed by atoms with Gasteiger partial charge in [0.25, 0.3) is 0 Å². The number of ether oxygens (including phenoxy) is 2. The molecule has 3 aromatic rings. The summed E-state index contributed by atoms with van der Waals surface area (Å²) in [6, 6.07) is 12.8. The number of anilines is 1. The molecule has 1 aliphatic heterocycles. The molecule has 4 rings (SSSR count). The first-order chi connectivity index (χ1) is 16.3. The van der Waals surface area contributed by atoms with Crippen molar-refractivity contribution in [2.45, 2.75) is 37.2 Å². The molecule has 1 saturated heterocycles. The number of amides is 1. The largest absolute Gasteiger partial charge is 0.465 e. The summed E-state index contributed by atoms with van der Waals surface area (Å²) in [5.41, 5.74) is 1.36. The Morgan fingerprint density at radius 1 is 1.29 bits per heavy atom. The average Bonchev–Trinajstić information content (AvgIpc) is 3.40. The van der Waals surface area contributed by atoms with Gasteiger partial charge in [0.15, 0.2) is 0 Å². The topological polar surface area (TPSA) is 76.8 Å². The maximum atomic E-state index is 11.3. The SMILES string of the molecule is CCN(C(=O)O)c1ccc(SCC2COC(Cn3ccnc3C)(c3ccc(Cl)cc3Cl)O2)cc1. The lowest BCUT2D eigenvalue weighted by molar-refractivity contribution is -0.185. The van der Waals surface area contributed by atoms with E-state index in [4.69, 9.17) is 32.7 Å². The van der Waals surface area contributed by atoms with Gasteiger partial charge >= 0.3 is 6.09 Å². The van der Waals surface area contributed by atoms with Crippen molar-refractivity contribution in [1.82, 2.24) is 9.55 Å². The number of carboxylic acid groups (broad SMARTS) is 1. The Labute approximate surface area is 212 Å². The summed E-state index contributed by atoms with van der Waals surface area (Å²) in [7, 11) is 0. The summed E-state index contributed by atoms with van der Waals surface area (Å²) >= 11 is 14.3. The summed E-state index contributed by atoms with van der Waals surface area (Å²) < 4.78 is 14.8. The fraction of sp³-hybridized carbons (Fsp3) is 0.333. The number of benzene rings is 2. The van der Waals surface area contributed by atoms with Crippen molar-refractivity contribution in [3.8, 4) is 0 Å². The maximum Gasteiger partial charge on any atom is 0.411 e. The van der Waals surface area contributed by atoms with E-state index in [-0.39, 0.29) is 6.10 Å². The Balaban J connectivity index is 1.49. The molecule has 2 heterocycles. The number of hydrogen-bond donors (Lipinski definition) is 1. The van der Waals surface area contributed by atoms with E-state index in [0.29, 0.717) is 41.2 Å². The Kier molecular flexibility index (Phi) is 7.74. The first-order valence-corrected chi connectivity index (χ1v) is 12.5. The van der Waals surface area contributed by atoms with Gasteiger partial charge in [-0.05, 0) is 50.2 Å². The predicted molar refractivity (Wildman–Crippen MR) is 134 cm³/mol. The van der Waals surface area contributed by atoms with Crippen molar-refractivity contribution in [1.29, 1.82) is 0 Å². The highest BCUT2D eigenvalue weighted by atomic mass is 35.5. The van der Waals surface area contributed by atoms with Gasteiger partial charge in [-0.25, -0.2) is 9.78 Å². The molecule has 2 unspecified atom stereocenters. The smallest absolute Gasteiger partial charge is 0.411 e. The van der Waals surface area contributed by atoms with Crippen molar-refractivity contribution >= 4 is 46.7 Å². The van der Waals surface area contributed by atoms with Crippen LogP contribution in [0.25, 0.3) is 0 Å². The average molecular weight is 522 g/mol. The first-order valence-electron chi connectivity index (χ1n) is 10.8. The standard InChI is InChI=1S/C24H25Cl2N3O4S/c1-3-29(23(30)31)18-5-7-20(8-6-18)34-14-19-13-32-24(33-19,15-28-11-10-27-16(28)2)21-9-4-17(25)12-22(21)26/h4-12,19H,3,13-15H2,1-2H3,(H,30,31). The number of carbonyl (C=O) groups is 1. The normalized spacial score (nSPS) is 19.9. The van der Waals surface area contributed by atoms with Gasteiger partial charge < -0.3 is 19.1 Å². The van der Waals surface area contributed by atoms with Gasteiger partial charge in [-0.2, -0.15) is 0 Å². The number of aromatic nitrogens is 2. The molecule has 2 atom stereocenters. The summed E-state index contributed by atoms with van der Waals surface area (Å²) in [5, 5.41) is 10.3. The summed E-state index contributed by atoms with van der Waals surface area (Å²) in [5.74, 6) is 0.439. The van der Waals surface area contributed by atoms with Crippen LogP contribution < -0.4 is 4.90 Å². The Morgan fingerprint density at radius 3 is 2.68 bits per heavy atom. The third-order valence-corrected chi connectivity index (χ3v) is 7.33. The zero-order valence-electron chi connectivity index (χ0n) is 18.8. The number of imidazole rings is 1. The Morgan fingerprint density at radius 2 is 2.06 bits per heavy atom. The Bertz CT molecular complexity index is 1160. The molecule has 0 radical (unpaired) electrons. The lowest BCUT2D eigenvalue weighted by Crippen LogP contribution is -2.34. The fourth-order valence-electron chi connectivity index (χ4n) is 3.89. The minimum absolute atomic E-state index is 0.175. The zero-order chi connectivity index (χ0) is 24.3. The predicted octanol–water partition coefficient (Wildman–Crippen LogP) is 6.06. The fourth-order valence-corrected chi connectivity index (χ4v) is 5.31. The molecule has 10 heteroatoms. The molecule has 1 N–H and O–H groups in total. The van der Waals surface area contributed by atoms with Gasteiger partial charge in [0.1, 0.15) is 5.82 Å². The number of rotatable bonds is 8. The number of halogens is 2. The van der Waals surface area contributed by atoms with Gasteiger partial charge in [0.05, 0.1) is 24.3 Å². The van der Waals surface area contributed by atoms with Gasteiger partial charge in [-0.3, -0.25) is 4.90 Å². The molecule has 0 saturated carbocycles. The minimum atomic E-state index is -1.06. The number of thioether (sulfide) groups is 1. The van der Waals surface area contributed by atoms with Crippen LogP contribution in [0.5, 0.6) is 0 Å². The number of nitrogens with zero attached hydrogens (tertiary/aromatic N) is 3. The second kappa shape index (κ2) is 10.6. The highest BCUT2D eigenvalue weighted by Crippen LogP contribution is 2.41. The van der Waals surface area contributed by atoms with E-state index in [1.54, 1.807) is 37.0 Å². The van der Waals surface area contributed by atoms with Crippen LogP contribution in [0.4, 0.5) is 10.5 Å². The molecule has 1 aliphatic rings. The molecule has 1 amide bonds. The minimum Gasteiger partial charge on any atom is -0.465 e. The van der Waals surface area contributed by atoms with Crippen molar-refractivity contribution < 1.29 is 19.4 Å². The van der Waals surface area contributed by atoms with E-state index < -0.39 is 11.9 Å². The van der Waals surface area contributed by atoms with Crippen molar-refractivity contribution in [3.63, 3.8) is 0 Å². The van der Waals surface area contributed by atoms with E-state index in [1.807, 2.05) is 48.0 Å². The number of hydrogen-bond acceptors (Lipinski definition) is 5. The zero-order valence-corrected chi connectivity index (χ0v) is 21.1. The molecular weight excluding hydrogens is 497 g/mol. The van der Waals surface area contributed by atoms with Gasteiger partial charge in [0.2, 0.25) is 5.79 Å². The molecule has 1 aromatic heterocycles. The second-order valence-electron chi connectivity index (χ2n) is 7.86. The lowest BCUT2D eigenvalue weighted by atomic mass is 10.1. The van der Waals surface area contributed by atoms with Crippen LogP contribution in [0.15, 0.2) is 59.8 Å². The molecule has 2 aromatic carbocycles. The quantitative estimate of drug-likeness (QED) is 0.363. The molecule has 7 nitrogen and oxygen atoms in total. The van der Waals surface area contributed by atoms with Crippen LogP contribution in [0.3, 0.4) is 0 Å². The second-order valence-corrected chi connectivity index (χ2v) is 9.80. The van der Waals surface area contributed by atoms with Crippen LogP contribution in [0.2, 0.25) is 10.0 Å². The van der Waals surface area contributed by atoms with Crippen LogP contribution in [-0.4, -0.2) is 45.8 Å². The van der Waals surface area contributed by atoms with Crippen LogP contribution in [0, 0.1) is 6.92 Å². The molecule has 0 spiro atoms. The van der Waals surface area contributed by atoms with E-state index in [0.717, 1.165) is 16.3 Å². The molecular formula is C24H25Cl2N3O4S.